The highest BCUT2D eigenvalue weighted by Gasteiger charge is 2.42. The highest BCUT2D eigenvalue weighted by molar-refractivity contribution is 6.31. The number of methoxy groups -OCH3 is 1. The molecule has 2 N–H and O–H groups in total. The van der Waals surface area contributed by atoms with Crippen LogP contribution in [0, 0.1) is 0 Å². The lowest BCUT2D eigenvalue weighted by Gasteiger charge is -2.35. The molecule has 3 aromatic rings. The summed E-state index contributed by atoms with van der Waals surface area (Å²) in [6.45, 7) is 0. The van der Waals surface area contributed by atoms with E-state index in [0.29, 0.717) is 34.0 Å². The van der Waals surface area contributed by atoms with Crippen LogP contribution in [0.2, 0.25) is 5.02 Å². The molecule has 1 aliphatic heterocycles. The molecule has 1 aliphatic carbocycles. The first-order valence-electron chi connectivity index (χ1n) is 12.4. The van der Waals surface area contributed by atoms with Gasteiger partial charge in [0.2, 0.25) is 5.91 Å². The molecular weight excluding hydrogens is 504 g/mol. The molecule has 5 rings (SSSR count). The normalized spacial score (nSPS) is 18.7. The molecule has 0 bridgehead atoms. The number of anilines is 2. The Morgan fingerprint density at radius 2 is 1.71 bits per heavy atom. The second kappa shape index (κ2) is 10.7. The Labute approximate surface area is 225 Å². The van der Waals surface area contributed by atoms with Crippen molar-refractivity contribution in [3.63, 3.8) is 0 Å². The van der Waals surface area contributed by atoms with Crippen LogP contribution in [0.4, 0.5) is 11.4 Å². The first-order chi connectivity index (χ1) is 18.4. The fourth-order valence-corrected chi connectivity index (χ4v) is 5.54. The van der Waals surface area contributed by atoms with Crippen LogP contribution in [0.1, 0.15) is 48.8 Å². The number of amides is 1. The van der Waals surface area contributed by atoms with Gasteiger partial charge in [0.1, 0.15) is 5.75 Å². The number of halogens is 1. The lowest BCUT2D eigenvalue weighted by molar-refractivity contribution is -0.138. The lowest BCUT2D eigenvalue weighted by Crippen LogP contribution is -2.38. The fraction of sp³-hybridized carbons (Fsp3) is 0.233. The third-order valence-electron chi connectivity index (χ3n) is 7.10. The van der Waals surface area contributed by atoms with Crippen molar-refractivity contribution in [2.24, 2.45) is 0 Å². The van der Waals surface area contributed by atoms with Crippen molar-refractivity contribution < 1.29 is 24.2 Å². The molecule has 7 nitrogen and oxygen atoms in total. The number of carboxylic acid groups (broad SMARTS) is 1. The van der Waals surface area contributed by atoms with E-state index < -0.39 is 17.9 Å². The lowest BCUT2D eigenvalue weighted by atomic mass is 9.78. The zero-order chi connectivity index (χ0) is 26.8. The summed E-state index contributed by atoms with van der Waals surface area (Å²) < 4.78 is 5.29. The smallest absolute Gasteiger partial charge is 0.303 e. The number of carbonyl (C=O) groups excluding carboxylic acids is 2. The molecular formula is C30H27ClN2O5. The molecule has 0 aromatic heterocycles. The van der Waals surface area contributed by atoms with Crippen LogP contribution in [0.3, 0.4) is 0 Å². The van der Waals surface area contributed by atoms with Gasteiger partial charge in [-0.2, -0.15) is 0 Å². The molecule has 2 aliphatic rings. The fourth-order valence-electron chi connectivity index (χ4n) is 5.30. The van der Waals surface area contributed by atoms with E-state index in [1.54, 1.807) is 30.2 Å². The van der Waals surface area contributed by atoms with Crippen molar-refractivity contribution in [3.05, 3.63) is 100 Å². The molecule has 1 heterocycles. The molecule has 0 fully saturated rings. The van der Waals surface area contributed by atoms with Crippen molar-refractivity contribution >= 4 is 40.6 Å². The van der Waals surface area contributed by atoms with Gasteiger partial charge in [-0.1, -0.05) is 54.1 Å². The number of nitrogens with one attached hydrogen (secondary N) is 1. The third-order valence-corrected chi connectivity index (χ3v) is 7.44. The number of allylic oxidation sites excluding steroid dienone is 1. The van der Waals surface area contributed by atoms with Crippen LogP contribution in [-0.4, -0.2) is 29.9 Å². The highest BCUT2D eigenvalue weighted by Crippen LogP contribution is 2.48. The van der Waals surface area contributed by atoms with Gasteiger partial charge >= 0.3 is 5.97 Å². The summed E-state index contributed by atoms with van der Waals surface area (Å²) in [6.07, 6.45) is 0.288. The number of benzene rings is 3. The van der Waals surface area contributed by atoms with Crippen LogP contribution in [0.15, 0.2) is 84.1 Å². The number of nitrogens with zero attached hydrogens (tertiary/aromatic N) is 1. The minimum absolute atomic E-state index is 0.0621. The Balaban J connectivity index is 1.67. The number of carbonyl (C=O) groups is 3. The van der Waals surface area contributed by atoms with E-state index in [1.165, 1.54) is 0 Å². The average Bonchev–Trinajstić information content (AvgIpc) is 3.06. The maximum atomic E-state index is 14.0. The number of carboxylic acids is 1. The van der Waals surface area contributed by atoms with Gasteiger partial charge in [-0.15, -0.1) is 0 Å². The molecule has 0 spiro atoms. The van der Waals surface area contributed by atoms with E-state index >= 15 is 0 Å². The number of ketones is 1. The Kier molecular flexibility index (Phi) is 7.20. The molecule has 0 radical (unpaired) electrons. The van der Waals surface area contributed by atoms with Gasteiger partial charge in [0.25, 0.3) is 0 Å². The maximum Gasteiger partial charge on any atom is 0.303 e. The first kappa shape index (κ1) is 25.5. The Hall–Kier alpha value is -4.10. The van der Waals surface area contributed by atoms with E-state index in [-0.39, 0.29) is 31.0 Å². The van der Waals surface area contributed by atoms with Gasteiger partial charge in [-0.25, -0.2) is 0 Å². The number of para-hydroxylation sites is 2. The van der Waals surface area contributed by atoms with Gasteiger partial charge in [0.05, 0.1) is 30.9 Å². The van der Waals surface area contributed by atoms with Gasteiger partial charge in [0.15, 0.2) is 5.78 Å². The highest BCUT2D eigenvalue weighted by atomic mass is 35.5. The van der Waals surface area contributed by atoms with E-state index in [1.807, 2.05) is 54.6 Å². The largest absolute Gasteiger partial charge is 0.497 e. The summed E-state index contributed by atoms with van der Waals surface area (Å²) in [6, 6.07) is 21.4. The molecule has 2 atom stereocenters. The van der Waals surface area contributed by atoms with Crippen molar-refractivity contribution in [2.75, 3.05) is 17.3 Å². The standard InChI is InChI=1S/C30H27ClN2O5/c1-38-20-12-10-18(11-13-20)19-16-24-29(26(34)17-19)30(21-6-2-3-7-22(21)31)33(27(35)14-15-28(36)37)25-9-5-4-8-23(25)32-24/h2-13,19,30,32H,14-17H2,1H3,(H,36,37)/t19-,30-/m0/s1. The van der Waals surface area contributed by atoms with Crippen LogP contribution in [-0.2, 0) is 14.4 Å². The number of rotatable bonds is 6. The Morgan fingerprint density at radius 3 is 2.42 bits per heavy atom. The summed E-state index contributed by atoms with van der Waals surface area (Å²) in [5, 5.41) is 13.1. The monoisotopic (exact) mass is 530 g/mol. The molecule has 0 saturated heterocycles. The summed E-state index contributed by atoms with van der Waals surface area (Å²) >= 11 is 6.67. The quantitative estimate of drug-likeness (QED) is 0.399. The minimum atomic E-state index is -1.06. The second-order valence-corrected chi connectivity index (χ2v) is 9.82. The number of Topliss-reactive ketones (excluding diaryl/α,β-unsaturated/α-hetero) is 1. The molecule has 3 aromatic carbocycles. The molecule has 0 unspecified atom stereocenters. The van der Waals surface area contributed by atoms with Crippen LogP contribution in [0.25, 0.3) is 0 Å². The van der Waals surface area contributed by atoms with Crippen molar-refractivity contribution in [1.29, 1.82) is 0 Å². The van der Waals surface area contributed by atoms with Crippen LogP contribution in [0.5, 0.6) is 5.75 Å². The summed E-state index contributed by atoms with van der Waals surface area (Å²) in [5.41, 5.74) is 4.07. The zero-order valence-electron chi connectivity index (χ0n) is 20.8. The SMILES string of the molecule is COc1ccc([C@@H]2CC(=O)C3=C(C2)Nc2ccccc2N(C(=O)CCC(=O)O)[C@H]3c2ccccc2Cl)cc1. The van der Waals surface area contributed by atoms with Crippen LogP contribution >= 0.6 is 11.6 Å². The van der Waals surface area contributed by atoms with Crippen molar-refractivity contribution in [2.45, 2.75) is 37.6 Å². The van der Waals surface area contributed by atoms with E-state index in [0.717, 1.165) is 17.0 Å². The summed E-state index contributed by atoms with van der Waals surface area (Å²) in [5.74, 6) is -0.872. The number of hydrogen-bond acceptors (Lipinski definition) is 5. The van der Waals surface area contributed by atoms with Crippen LogP contribution < -0.4 is 15.0 Å². The van der Waals surface area contributed by atoms with E-state index in [4.69, 9.17) is 16.3 Å². The predicted molar refractivity (Wildman–Crippen MR) is 146 cm³/mol. The first-order valence-corrected chi connectivity index (χ1v) is 12.8. The molecule has 0 saturated carbocycles. The second-order valence-electron chi connectivity index (χ2n) is 9.42. The predicted octanol–water partition coefficient (Wildman–Crippen LogP) is 6.11. The molecule has 1 amide bonds. The molecule has 8 heteroatoms. The number of ether oxygens (including phenoxy) is 1. The topological polar surface area (TPSA) is 95.9 Å². The van der Waals surface area contributed by atoms with Gasteiger partial charge in [0, 0.05) is 29.1 Å². The molecule has 38 heavy (non-hydrogen) atoms. The van der Waals surface area contributed by atoms with Gasteiger partial charge < -0.3 is 15.2 Å². The average molecular weight is 531 g/mol. The minimum Gasteiger partial charge on any atom is -0.497 e. The Morgan fingerprint density at radius 1 is 1.00 bits per heavy atom. The maximum absolute atomic E-state index is 14.0. The van der Waals surface area contributed by atoms with Gasteiger partial charge in [-0.05, 0) is 53.8 Å². The number of aliphatic carboxylic acids is 1. The summed E-state index contributed by atoms with van der Waals surface area (Å²) in [7, 11) is 1.61. The zero-order valence-corrected chi connectivity index (χ0v) is 21.6. The third kappa shape index (κ3) is 4.89. The van der Waals surface area contributed by atoms with Crippen molar-refractivity contribution in [3.8, 4) is 5.75 Å². The number of hydrogen-bond donors (Lipinski definition) is 2. The summed E-state index contributed by atoms with van der Waals surface area (Å²) in [4.78, 5) is 40.5. The number of fused-ring (bicyclic) bond motifs is 1. The van der Waals surface area contributed by atoms with E-state index in [9.17, 15) is 19.5 Å². The van der Waals surface area contributed by atoms with Crippen molar-refractivity contribution in [1.82, 2.24) is 0 Å². The Bertz CT molecular complexity index is 1430. The van der Waals surface area contributed by atoms with E-state index in [2.05, 4.69) is 5.32 Å². The molecule has 194 valence electrons. The van der Waals surface area contributed by atoms with Gasteiger partial charge in [-0.3, -0.25) is 19.3 Å².